The number of aromatic amines is 1. The minimum Gasteiger partial charge on any atom is -0.352 e. The Hall–Kier alpha value is -3.52. The van der Waals surface area contributed by atoms with E-state index in [1.165, 1.54) is 11.8 Å². The van der Waals surface area contributed by atoms with Crippen LogP contribution in [0.2, 0.25) is 0 Å². The van der Waals surface area contributed by atoms with Gasteiger partial charge in [-0.05, 0) is 49.5 Å². The Kier molecular flexibility index (Phi) is 6.91. The maximum absolute atomic E-state index is 12.8. The van der Waals surface area contributed by atoms with Crippen LogP contribution in [0.25, 0.3) is 0 Å². The summed E-state index contributed by atoms with van der Waals surface area (Å²) in [5.74, 6) is -0.0998. The average Bonchev–Trinajstić information content (AvgIpc) is 2.82. The Labute approximate surface area is 185 Å². The van der Waals surface area contributed by atoms with Crippen LogP contribution < -0.4 is 16.6 Å². The monoisotopic (exact) mass is 433 g/mol. The second-order valence-corrected chi connectivity index (χ2v) is 8.14. The van der Waals surface area contributed by atoms with Crippen molar-refractivity contribution in [3.05, 3.63) is 98.6 Å². The molecule has 1 aliphatic rings. The molecule has 8 nitrogen and oxygen atoms in total. The summed E-state index contributed by atoms with van der Waals surface area (Å²) in [6.07, 6.45) is 4.76. The highest BCUT2D eigenvalue weighted by molar-refractivity contribution is 5.93. The molecule has 0 spiro atoms. The number of hydrogen-bond acceptors (Lipinski definition) is 5. The van der Waals surface area contributed by atoms with Crippen LogP contribution >= 0.6 is 0 Å². The summed E-state index contributed by atoms with van der Waals surface area (Å²) < 4.78 is 0.999. The second kappa shape index (κ2) is 10.2. The van der Waals surface area contributed by atoms with Gasteiger partial charge in [-0.15, -0.1) is 0 Å². The second-order valence-electron chi connectivity index (χ2n) is 8.14. The molecule has 1 saturated heterocycles. The number of carbonyl (C=O) groups excluding carboxylic acids is 1. The molecule has 1 aromatic carbocycles. The Morgan fingerprint density at radius 2 is 1.78 bits per heavy atom. The van der Waals surface area contributed by atoms with E-state index in [1.807, 2.05) is 6.07 Å². The summed E-state index contributed by atoms with van der Waals surface area (Å²) in [6.45, 7) is 3.41. The van der Waals surface area contributed by atoms with Crippen molar-refractivity contribution in [3.8, 4) is 0 Å². The van der Waals surface area contributed by atoms with Crippen molar-refractivity contribution >= 4 is 5.91 Å². The lowest BCUT2D eigenvalue weighted by Gasteiger charge is -2.32. The molecule has 4 rings (SSSR count). The third-order valence-corrected chi connectivity index (χ3v) is 5.86. The fourth-order valence-corrected chi connectivity index (χ4v) is 3.99. The van der Waals surface area contributed by atoms with E-state index < -0.39 is 17.2 Å². The van der Waals surface area contributed by atoms with Crippen LogP contribution in [0.5, 0.6) is 0 Å². The molecule has 2 aromatic heterocycles. The van der Waals surface area contributed by atoms with Crippen molar-refractivity contribution in [2.75, 3.05) is 19.6 Å². The highest BCUT2D eigenvalue weighted by Crippen LogP contribution is 2.18. The number of benzene rings is 1. The predicted molar refractivity (Wildman–Crippen MR) is 121 cm³/mol. The van der Waals surface area contributed by atoms with Crippen molar-refractivity contribution in [2.24, 2.45) is 5.92 Å². The van der Waals surface area contributed by atoms with Crippen LogP contribution in [-0.2, 0) is 13.1 Å². The Balaban J connectivity index is 1.32. The van der Waals surface area contributed by atoms with Crippen LogP contribution in [0, 0.1) is 5.92 Å². The minimum absolute atomic E-state index is 0.00992. The number of hydrogen-bond donors (Lipinski definition) is 2. The van der Waals surface area contributed by atoms with Crippen LogP contribution in [0.1, 0.15) is 34.5 Å². The first kappa shape index (κ1) is 21.7. The van der Waals surface area contributed by atoms with Gasteiger partial charge < -0.3 is 10.3 Å². The SMILES string of the molecule is O=C(NCC1CCN(Cc2ccccc2)CC1)c1c[nH]c(=O)n(Cc2ccccn2)c1=O. The molecule has 0 aliphatic carbocycles. The summed E-state index contributed by atoms with van der Waals surface area (Å²) in [5.41, 5.74) is 0.624. The van der Waals surface area contributed by atoms with Crippen molar-refractivity contribution in [2.45, 2.75) is 25.9 Å². The first-order valence-electron chi connectivity index (χ1n) is 10.9. The van der Waals surface area contributed by atoms with Crippen LogP contribution in [0.15, 0.2) is 70.5 Å². The van der Waals surface area contributed by atoms with E-state index in [1.54, 1.807) is 24.4 Å². The predicted octanol–water partition coefficient (Wildman–Crippen LogP) is 1.62. The summed E-state index contributed by atoms with van der Waals surface area (Å²) in [6, 6.07) is 15.7. The average molecular weight is 434 g/mol. The largest absolute Gasteiger partial charge is 0.352 e. The van der Waals surface area contributed by atoms with Crippen LogP contribution in [-0.4, -0.2) is 45.0 Å². The van der Waals surface area contributed by atoms with Gasteiger partial charge in [0.05, 0.1) is 12.2 Å². The van der Waals surface area contributed by atoms with Crippen molar-refractivity contribution in [1.29, 1.82) is 0 Å². The van der Waals surface area contributed by atoms with Gasteiger partial charge in [0.25, 0.3) is 11.5 Å². The molecule has 8 heteroatoms. The van der Waals surface area contributed by atoms with Gasteiger partial charge in [-0.1, -0.05) is 36.4 Å². The maximum Gasteiger partial charge on any atom is 0.328 e. The molecule has 1 amide bonds. The van der Waals surface area contributed by atoms with Gasteiger partial charge in [0.15, 0.2) is 0 Å². The van der Waals surface area contributed by atoms with Gasteiger partial charge in [0, 0.05) is 25.5 Å². The number of nitrogens with zero attached hydrogens (tertiary/aromatic N) is 3. The number of rotatable bonds is 7. The molecule has 1 fully saturated rings. The summed E-state index contributed by atoms with van der Waals surface area (Å²) in [4.78, 5) is 46.6. The Morgan fingerprint density at radius 3 is 2.50 bits per heavy atom. The zero-order valence-electron chi connectivity index (χ0n) is 17.9. The standard InChI is InChI=1S/C24H27N5O3/c30-22(21-15-27-24(32)29(23(21)31)17-20-8-4-5-11-25-20)26-14-18-9-12-28(13-10-18)16-19-6-2-1-3-7-19/h1-8,11,15,18H,9-10,12-14,16-17H2,(H,26,30)(H,27,32). The number of nitrogens with one attached hydrogen (secondary N) is 2. The number of pyridine rings is 1. The fourth-order valence-electron chi connectivity index (χ4n) is 3.99. The Morgan fingerprint density at radius 1 is 1.03 bits per heavy atom. The maximum atomic E-state index is 12.8. The molecule has 3 aromatic rings. The van der Waals surface area contributed by atoms with E-state index >= 15 is 0 Å². The topological polar surface area (TPSA) is 100 Å². The molecule has 1 aliphatic heterocycles. The lowest BCUT2D eigenvalue weighted by molar-refractivity contribution is 0.0932. The first-order chi connectivity index (χ1) is 15.6. The van der Waals surface area contributed by atoms with Gasteiger partial charge in [-0.3, -0.25) is 24.0 Å². The zero-order valence-corrected chi connectivity index (χ0v) is 17.9. The smallest absolute Gasteiger partial charge is 0.328 e. The highest BCUT2D eigenvalue weighted by atomic mass is 16.2. The van der Waals surface area contributed by atoms with Crippen LogP contribution in [0.3, 0.4) is 0 Å². The number of H-pyrrole nitrogens is 1. The van der Waals surface area contributed by atoms with Gasteiger partial charge in [0.2, 0.25) is 0 Å². The third kappa shape index (κ3) is 5.39. The van der Waals surface area contributed by atoms with E-state index in [0.717, 1.165) is 37.0 Å². The van der Waals surface area contributed by atoms with E-state index in [9.17, 15) is 14.4 Å². The zero-order chi connectivity index (χ0) is 22.3. The van der Waals surface area contributed by atoms with Crippen molar-refractivity contribution in [1.82, 2.24) is 24.8 Å². The summed E-state index contributed by atoms with van der Waals surface area (Å²) >= 11 is 0. The molecular weight excluding hydrogens is 406 g/mol. The molecule has 2 N–H and O–H groups in total. The van der Waals surface area contributed by atoms with Crippen molar-refractivity contribution in [3.63, 3.8) is 0 Å². The van der Waals surface area contributed by atoms with Gasteiger partial charge in [-0.2, -0.15) is 0 Å². The third-order valence-electron chi connectivity index (χ3n) is 5.86. The normalized spacial score (nSPS) is 14.9. The van der Waals surface area contributed by atoms with Gasteiger partial charge in [-0.25, -0.2) is 4.79 Å². The number of piperidine rings is 1. The molecule has 166 valence electrons. The molecule has 0 atom stereocenters. The number of carbonyl (C=O) groups is 1. The molecular formula is C24H27N5O3. The van der Waals surface area contributed by atoms with Gasteiger partial charge >= 0.3 is 5.69 Å². The fraction of sp³-hybridized carbons (Fsp3) is 0.333. The van der Waals surface area contributed by atoms with E-state index in [2.05, 4.69) is 44.5 Å². The molecule has 0 radical (unpaired) electrons. The quantitative estimate of drug-likeness (QED) is 0.590. The molecule has 0 bridgehead atoms. The molecule has 0 unspecified atom stereocenters. The molecule has 32 heavy (non-hydrogen) atoms. The minimum atomic E-state index is -0.616. The van der Waals surface area contributed by atoms with Gasteiger partial charge in [0.1, 0.15) is 5.56 Å². The van der Waals surface area contributed by atoms with E-state index in [4.69, 9.17) is 0 Å². The lowest BCUT2D eigenvalue weighted by Crippen LogP contribution is -2.42. The summed E-state index contributed by atoms with van der Waals surface area (Å²) in [7, 11) is 0. The number of amides is 1. The van der Waals surface area contributed by atoms with Crippen LogP contribution in [0.4, 0.5) is 0 Å². The Bertz CT molecular complexity index is 1150. The molecule has 0 saturated carbocycles. The number of aromatic nitrogens is 3. The highest BCUT2D eigenvalue weighted by Gasteiger charge is 2.21. The first-order valence-corrected chi connectivity index (χ1v) is 10.9. The molecule has 3 heterocycles. The lowest BCUT2D eigenvalue weighted by atomic mass is 9.96. The van der Waals surface area contributed by atoms with E-state index in [-0.39, 0.29) is 12.1 Å². The van der Waals surface area contributed by atoms with Crippen molar-refractivity contribution < 1.29 is 4.79 Å². The number of likely N-dealkylation sites (tertiary alicyclic amines) is 1. The van der Waals surface area contributed by atoms with E-state index in [0.29, 0.717) is 18.2 Å². The summed E-state index contributed by atoms with van der Waals surface area (Å²) in [5, 5.41) is 2.88.